The van der Waals surface area contributed by atoms with Crippen LogP contribution in [0.3, 0.4) is 0 Å². The standard InChI is InChI=1S/C20H18N2O4S/c1-26-17-5-3-2-4-16(17)19-22-15(12-27-19)10-18(23)21-11-13-6-8-14(9-7-13)20(24)25/h2-9,12H,10-11H2,1H3,(H,21,23)(H,24,25). The predicted octanol–water partition coefficient (Wildman–Crippen LogP) is 3.38. The average molecular weight is 382 g/mol. The molecule has 3 rings (SSSR count). The molecular weight excluding hydrogens is 364 g/mol. The molecule has 0 atom stereocenters. The van der Waals surface area contributed by atoms with Gasteiger partial charge in [-0.25, -0.2) is 9.78 Å². The number of carboxylic acids is 1. The number of aromatic carboxylic acids is 1. The third kappa shape index (κ3) is 4.71. The maximum absolute atomic E-state index is 12.2. The van der Waals surface area contributed by atoms with Gasteiger partial charge in [-0.05, 0) is 29.8 Å². The van der Waals surface area contributed by atoms with Gasteiger partial charge in [0, 0.05) is 11.9 Å². The van der Waals surface area contributed by atoms with Gasteiger partial charge in [-0.3, -0.25) is 4.79 Å². The summed E-state index contributed by atoms with van der Waals surface area (Å²) < 4.78 is 5.35. The third-order valence-corrected chi connectivity index (χ3v) is 4.85. The number of nitrogens with one attached hydrogen (secondary N) is 1. The molecule has 0 aliphatic heterocycles. The molecular formula is C20H18N2O4S. The Balaban J connectivity index is 1.58. The summed E-state index contributed by atoms with van der Waals surface area (Å²) in [5.41, 5.74) is 2.65. The molecule has 2 N–H and O–H groups in total. The Labute approximate surface area is 160 Å². The van der Waals surface area contributed by atoms with Crippen molar-refractivity contribution in [2.24, 2.45) is 0 Å². The second kappa shape index (κ2) is 8.46. The lowest BCUT2D eigenvalue weighted by atomic mass is 10.1. The second-order valence-corrected chi connectivity index (χ2v) is 6.66. The van der Waals surface area contributed by atoms with Crippen molar-refractivity contribution < 1.29 is 19.4 Å². The number of carbonyl (C=O) groups is 2. The number of hydrogen-bond donors (Lipinski definition) is 2. The number of rotatable bonds is 7. The molecule has 3 aromatic rings. The van der Waals surface area contributed by atoms with Gasteiger partial charge < -0.3 is 15.2 Å². The van der Waals surface area contributed by atoms with Crippen LogP contribution in [0.2, 0.25) is 0 Å². The molecule has 0 saturated carbocycles. The fourth-order valence-corrected chi connectivity index (χ4v) is 3.38. The molecule has 2 aromatic carbocycles. The predicted molar refractivity (Wildman–Crippen MR) is 103 cm³/mol. The largest absolute Gasteiger partial charge is 0.496 e. The van der Waals surface area contributed by atoms with E-state index in [4.69, 9.17) is 9.84 Å². The zero-order valence-corrected chi connectivity index (χ0v) is 15.5. The molecule has 0 aliphatic carbocycles. The Morgan fingerprint density at radius 1 is 1.15 bits per heavy atom. The van der Waals surface area contributed by atoms with E-state index in [0.29, 0.717) is 12.2 Å². The highest BCUT2D eigenvalue weighted by Gasteiger charge is 2.12. The molecule has 27 heavy (non-hydrogen) atoms. The zero-order chi connectivity index (χ0) is 19.2. The van der Waals surface area contributed by atoms with Crippen LogP contribution in [-0.2, 0) is 17.8 Å². The number of nitrogens with zero attached hydrogens (tertiary/aromatic N) is 1. The summed E-state index contributed by atoms with van der Waals surface area (Å²) in [4.78, 5) is 27.5. The highest BCUT2D eigenvalue weighted by molar-refractivity contribution is 7.13. The Morgan fingerprint density at radius 2 is 1.89 bits per heavy atom. The van der Waals surface area contributed by atoms with E-state index in [-0.39, 0.29) is 17.9 Å². The van der Waals surface area contributed by atoms with Gasteiger partial charge in [0.05, 0.1) is 30.4 Å². The quantitative estimate of drug-likeness (QED) is 0.654. The second-order valence-electron chi connectivity index (χ2n) is 5.80. The van der Waals surface area contributed by atoms with E-state index in [0.717, 1.165) is 21.9 Å². The van der Waals surface area contributed by atoms with E-state index in [2.05, 4.69) is 10.3 Å². The lowest BCUT2D eigenvalue weighted by molar-refractivity contribution is -0.120. The fourth-order valence-electron chi connectivity index (χ4n) is 2.53. The Kier molecular flexibility index (Phi) is 5.83. The molecule has 0 bridgehead atoms. The van der Waals surface area contributed by atoms with Gasteiger partial charge in [-0.1, -0.05) is 24.3 Å². The number of para-hydroxylation sites is 1. The zero-order valence-electron chi connectivity index (χ0n) is 14.6. The van der Waals surface area contributed by atoms with Crippen LogP contribution < -0.4 is 10.1 Å². The van der Waals surface area contributed by atoms with Crippen LogP contribution in [0.1, 0.15) is 21.6 Å². The van der Waals surface area contributed by atoms with Gasteiger partial charge in [0.15, 0.2) is 0 Å². The van der Waals surface area contributed by atoms with Gasteiger partial charge in [0.1, 0.15) is 10.8 Å². The Bertz CT molecular complexity index is 951. The van der Waals surface area contributed by atoms with Crippen molar-refractivity contribution >= 4 is 23.2 Å². The van der Waals surface area contributed by atoms with Crippen LogP contribution in [-0.4, -0.2) is 29.1 Å². The van der Waals surface area contributed by atoms with E-state index in [1.165, 1.54) is 23.5 Å². The van der Waals surface area contributed by atoms with Gasteiger partial charge in [-0.15, -0.1) is 11.3 Å². The first-order valence-electron chi connectivity index (χ1n) is 8.23. The number of thiazole rings is 1. The molecule has 1 heterocycles. The Morgan fingerprint density at radius 3 is 2.59 bits per heavy atom. The van der Waals surface area contributed by atoms with Crippen molar-refractivity contribution in [1.29, 1.82) is 0 Å². The van der Waals surface area contributed by atoms with Gasteiger partial charge in [0.2, 0.25) is 5.91 Å². The van der Waals surface area contributed by atoms with E-state index in [1.54, 1.807) is 19.2 Å². The lowest BCUT2D eigenvalue weighted by Crippen LogP contribution is -2.24. The summed E-state index contributed by atoms with van der Waals surface area (Å²) in [6, 6.07) is 14.0. The Hall–Kier alpha value is -3.19. The third-order valence-electron chi connectivity index (χ3n) is 3.92. The molecule has 7 heteroatoms. The highest BCUT2D eigenvalue weighted by Crippen LogP contribution is 2.31. The maximum atomic E-state index is 12.2. The molecule has 1 amide bonds. The molecule has 0 unspecified atom stereocenters. The summed E-state index contributed by atoms with van der Waals surface area (Å²) in [6.45, 7) is 0.336. The van der Waals surface area contributed by atoms with Crippen LogP contribution in [0.15, 0.2) is 53.9 Å². The molecule has 0 fully saturated rings. The maximum Gasteiger partial charge on any atom is 0.335 e. The van der Waals surface area contributed by atoms with E-state index in [1.807, 2.05) is 29.6 Å². The first-order valence-corrected chi connectivity index (χ1v) is 9.11. The number of methoxy groups -OCH3 is 1. The normalized spacial score (nSPS) is 10.4. The van der Waals surface area contributed by atoms with Gasteiger partial charge >= 0.3 is 5.97 Å². The van der Waals surface area contributed by atoms with Gasteiger partial charge in [0.25, 0.3) is 0 Å². The first kappa shape index (κ1) is 18.6. The average Bonchev–Trinajstić information content (AvgIpc) is 3.14. The topological polar surface area (TPSA) is 88.5 Å². The summed E-state index contributed by atoms with van der Waals surface area (Å²) >= 11 is 1.47. The smallest absolute Gasteiger partial charge is 0.335 e. The summed E-state index contributed by atoms with van der Waals surface area (Å²) in [7, 11) is 1.61. The summed E-state index contributed by atoms with van der Waals surface area (Å²) in [5.74, 6) is -0.373. The summed E-state index contributed by atoms with van der Waals surface area (Å²) in [5, 5.41) is 14.4. The minimum Gasteiger partial charge on any atom is -0.496 e. The van der Waals surface area contributed by atoms with Crippen molar-refractivity contribution in [3.8, 4) is 16.3 Å². The van der Waals surface area contributed by atoms with Gasteiger partial charge in [-0.2, -0.15) is 0 Å². The molecule has 0 spiro atoms. The number of carboxylic acid groups (broad SMARTS) is 1. The van der Waals surface area contributed by atoms with Crippen LogP contribution in [0.25, 0.3) is 10.6 Å². The number of ether oxygens (including phenoxy) is 1. The van der Waals surface area contributed by atoms with Crippen LogP contribution >= 0.6 is 11.3 Å². The van der Waals surface area contributed by atoms with Crippen molar-refractivity contribution in [2.75, 3.05) is 7.11 Å². The molecule has 1 aromatic heterocycles. The van der Waals surface area contributed by atoms with Crippen molar-refractivity contribution in [2.45, 2.75) is 13.0 Å². The minimum absolute atomic E-state index is 0.144. The monoisotopic (exact) mass is 382 g/mol. The van der Waals surface area contributed by atoms with Crippen LogP contribution in [0.4, 0.5) is 0 Å². The minimum atomic E-state index is -0.972. The highest BCUT2D eigenvalue weighted by atomic mass is 32.1. The number of benzene rings is 2. The number of amides is 1. The molecule has 0 saturated heterocycles. The SMILES string of the molecule is COc1ccccc1-c1nc(CC(=O)NCc2ccc(C(=O)O)cc2)cs1. The molecule has 0 radical (unpaired) electrons. The molecule has 138 valence electrons. The fraction of sp³-hybridized carbons (Fsp3) is 0.150. The van der Waals surface area contributed by atoms with E-state index < -0.39 is 5.97 Å². The van der Waals surface area contributed by atoms with E-state index >= 15 is 0 Å². The summed E-state index contributed by atoms with van der Waals surface area (Å²) in [6.07, 6.45) is 0.179. The molecule has 0 aliphatic rings. The van der Waals surface area contributed by atoms with Crippen molar-refractivity contribution in [3.05, 3.63) is 70.7 Å². The molecule has 6 nitrogen and oxygen atoms in total. The van der Waals surface area contributed by atoms with Crippen LogP contribution in [0.5, 0.6) is 5.75 Å². The number of hydrogen-bond acceptors (Lipinski definition) is 5. The van der Waals surface area contributed by atoms with E-state index in [9.17, 15) is 9.59 Å². The van der Waals surface area contributed by atoms with Crippen molar-refractivity contribution in [3.63, 3.8) is 0 Å². The number of carbonyl (C=O) groups excluding carboxylic acids is 1. The van der Waals surface area contributed by atoms with Crippen LogP contribution in [0, 0.1) is 0 Å². The number of aromatic nitrogens is 1. The lowest BCUT2D eigenvalue weighted by Gasteiger charge is -2.05. The van der Waals surface area contributed by atoms with Crippen molar-refractivity contribution in [1.82, 2.24) is 10.3 Å². The first-order chi connectivity index (χ1) is 13.1.